The SMILES string of the molecule is CC1(C)NC2C3CCC(C)(C2O1)C3(C)CCC12CCC(C3NCCOC31)C2(C)CCC12CCC(C3NCCNC31)C2(C)C. The highest BCUT2D eigenvalue weighted by atomic mass is 16.5. The number of piperazine rings is 1. The molecule has 14 atom stereocenters. The molecule has 9 rings (SSSR count). The number of hydrogen-bond acceptors (Lipinski definition) is 6. The normalized spacial score (nSPS) is 59.9. The monoisotopic (exact) mass is 594 g/mol. The summed E-state index contributed by atoms with van der Waals surface area (Å²) in [4.78, 5) is 0. The fraction of sp³-hybridized carbons (Fsp3) is 1.00. The van der Waals surface area contributed by atoms with Gasteiger partial charge < -0.3 is 25.4 Å². The summed E-state index contributed by atoms with van der Waals surface area (Å²) in [5.41, 5.74) is 1.84. The highest BCUT2D eigenvalue weighted by molar-refractivity contribution is 5.27. The van der Waals surface area contributed by atoms with Crippen LogP contribution in [0.25, 0.3) is 0 Å². The zero-order valence-corrected chi connectivity index (χ0v) is 28.4. The van der Waals surface area contributed by atoms with Crippen molar-refractivity contribution in [3.8, 4) is 0 Å². The minimum absolute atomic E-state index is 0.189. The molecular weight excluding hydrogens is 532 g/mol. The molecule has 0 aromatic heterocycles. The Hall–Kier alpha value is -0.240. The van der Waals surface area contributed by atoms with E-state index in [4.69, 9.17) is 9.47 Å². The van der Waals surface area contributed by atoms with Crippen LogP contribution in [0.2, 0.25) is 0 Å². The molecule has 0 aromatic carbocycles. The molecule has 3 aliphatic heterocycles. The summed E-state index contributed by atoms with van der Waals surface area (Å²) in [5.74, 6) is 2.29. The first-order valence-electron chi connectivity index (χ1n) is 18.6. The van der Waals surface area contributed by atoms with Gasteiger partial charge in [0, 0.05) is 54.6 Å². The Labute approximate surface area is 261 Å². The van der Waals surface area contributed by atoms with Gasteiger partial charge in [0.05, 0.1) is 18.8 Å². The van der Waals surface area contributed by atoms with E-state index in [9.17, 15) is 0 Å². The van der Waals surface area contributed by atoms with Crippen LogP contribution < -0.4 is 21.3 Å². The van der Waals surface area contributed by atoms with Crippen molar-refractivity contribution in [1.29, 1.82) is 0 Å². The molecule has 14 unspecified atom stereocenters. The van der Waals surface area contributed by atoms with Crippen LogP contribution in [0.5, 0.6) is 0 Å². The minimum atomic E-state index is -0.189. The molecular formula is C37H62N4O2. The van der Waals surface area contributed by atoms with E-state index in [1.807, 2.05) is 0 Å². The molecule has 9 aliphatic rings. The van der Waals surface area contributed by atoms with Crippen LogP contribution >= 0.6 is 0 Å². The zero-order valence-electron chi connectivity index (χ0n) is 28.4. The zero-order chi connectivity index (χ0) is 29.8. The predicted molar refractivity (Wildman–Crippen MR) is 171 cm³/mol. The largest absolute Gasteiger partial charge is 0.375 e. The number of morpholine rings is 1. The van der Waals surface area contributed by atoms with Gasteiger partial charge in [0.15, 0.2) is 0 Å². The second kappa shape index (κ2) is 8.81. The quantitative estimate of drug-likeness (QED) is 0.339. The van der Waals surface area contributed by atoms with Crippen LogP contribution in [0.3, 0.4) is 0 Å². The average molecular weight is 595 g/mol. The van der Waals surface area contributed by atoms with Crippen LogP contribution in [0.15, 0.2) is 0 Å². The minimum Gasteiger partial charge on any atom is -0.375 e. The first-order valence-corrected chi connectivity index (χ1v) is 18.6. The van der Waals surface area contributed by atoms with Gasteiger partial charge in [-0.15, -0.1) is 0 Å². The van der Waals surface area contributed by atoms with Crippen molar-refractivity contribution in [3.63, 3.8) is 0 Å². The number of rotatable bonds is 6. The van der Waals surface area contributed by atoms with Gasteiger partial charge in [-0.2, -0.15) is 0 Å². The number of nitrogens with one attached hydrogen (secondary N) is 4. The Morgan fingerprint density at radius 2 is 1.26 bits per heavy atom. The van der Waals surface area contributed by atoms with E-state index in [1.165, 1.54) is 64.2 Å². The van der Waals surface area contributed by atoms with Crippen molar-refractivity contribution in [2.24, 2.45) is 50.2 Å². The van der Waals surface area contributed by atoms with E-state index in [0.717, 1.165) is 44.0 Å². The fourth-order valence-corrected chi connectivity index (χ4v) is 15.5. The van der Waals surface area contributed by atoms with Crippen LogP contribution in [-0.2, 0) is 9.47 Å². The summed E-state index contributed by atoms with van der Waals surface area (Å²) in [7, 11) is 0. The van der Waals surface area contributed by atoms with E-state index in [0.29, 0.717) is 58.0 Å². The van der Waals surface area contributed by atoms with Gasteiger partial charge in [0.25, 0.3) is 0 Å². The maximum absolute atomic E-state index is 6.92. The maximum Gasteiger partial charge on any atom is 0.114 e. The summed E-state index contributed by atoms with van der Waals surface area (Å²) in [6, 6.07) is 2.39. The first kappa shape index (κ1) is 28.9. The van der Waals surface area contributed by atoms with Gasteiger partial charge in [-0.05, 0) is 117 Å². The van der Waals surface area contributed by atoms with E-state index in [2.05, 4.69) is 69.7 Å². The number of fused-ring (bicyclic) bond motifs is 15. The van der Waals surface area contributed by atoms with Gasteiger partial charge in [-0.3, -0.25) is 5.32 Å². The number of ether oxygens (including phenoxy) is 2. The van der Waals surface area contributed by atoms with Gasteiger partial charge in [-0.1, -0.05) is 34.6 Å². The molecule has 4 N–H and O–H groups in total. The third kappa shape index (κ3) is 3.24. The van der Waals surface area contributed by atoms with E-state index in [-0.39, 0.29) is 16.6 Å². The lowest BCUT2D eigenvalue weighted by atomic mass is 9.56. The highest BCUT2D eigenvalue weighted by Crippen LogP contribution is 2.76. The molecule has 242 valence electrons. The maximum atomic E-state index is 6.92. The van der Waals surface area contributed by atoms with E-state index < -0.39 is 0 Å². The molecule has 6 bridgehead atoms. The van der Waals surface area contributed by atoms with Crippen molar-refractivity contribution in [1.82, 2.24) is 21.3 Å². The first-order chi connectivity index (χ1) is 20.3. The third-order valence-corrected chi connectivity index (χ3v) is 17.9. The van der Waals surface area contributed by atoms with Crippen LogP contribution in [0.4, 0.5) is 0 Å². The standard InChI is InChI=1S/C37H62N4O2/c1-31(2)22-9-12-36(31,28-25(22)38-18-19-40-28)16-15-34(6)23-10-13-37(34,30-26(23)39-20-21-42-30)17-14-33(5)24-8-11-35(33,7)29-27(24)41-32(3,4)43-29/h22-30,38-41H,8-21H2,1-7H3. The van der Waals surface area contributed by atoms with Crippen LogP contribution in [0.1, 0.15) is 113 Å². The van der Waals surface area contributed by atoms with Crippen molar-refractivity contribution in [2.45, 2.75) is 155 Å². The predicted octanol–water partition coefficient (Wildman–Crippen LogP) is 5.22. The Balaban J connectivity index is 1.03. The van der Waals surface area contributed by atoms with Gasteiger partial charge in [0.1, 0.15) is 5.72 Å². The smallest absolute Gasteiger partial charge is 0.114 e. The molecule has 0 amide bonds. The Morgan fingerprint density at radius 1 is 0.605 bits per heavy atom. The molecule has 3 saturated heterocycles. The topological polar surface area (TPSA) is 66.6 Å². The Bertz CT molecular complexity index is 1180. The highest BCUT2D eigenvalue weighted by Gasteiger charge is 2.75. The van der Waals surface area contributed by atoms with Crippen molar-refractivity contribution < 1.29 is 9.47 Å². The molecule has 0 radical (unpaired) electrons. The van der Waals surface area contributed by atoms with Gasteiger partial charge in [-0.25, -0.2) is 0 Å². The lowest BCUT2D eigenvalue weighted by molar-refractivity contribution is -0.115. The molecule has 0 spiro atoms. The summed E-state index contributed by atoms with van der Waals surface area (Å²) in [5, 5.41) is 16.1. The second-order valence-corrected chi connectivity index (χ2v) is 19.1. The van der Waals surface area contributed by atoms with Crippen molar-refractivity contribution in [3.05, 3.63) is 0 Å². The van der Waals surface area contributed by atoms with Crippen molar-refractivity contribution >= 4 is 0 Å². The van der Waals surface area contributed by atoms with Crippen LogP contribution in [-0.4, -0.2) is 68.3 Å². The molecule has 6 nitrogen and oxygen atoms in total. The third-order valence-electron chi connectivity index (χ3n) is 17.9. The molecule has 6 saturated carbocycles. The van der Waals surface area contributed by atoms with E-state index >= 15 is 0 Å². The fourth-order valence-electron chi connectivity index (χ4n) is 15.5. The summed E-state index contributed by atoms with van der Waals surface area (Å²) < 4.78 is 13.7. The van der Waals surface area contributed by atoms with E-state index in [1.54, 1.807) is 0 Å². The average Bonchev–Trinajstić information content (AvgIpc) is 3.75. The molecule has 3 heterocycles. The molecule has 0 aromatic rings. The lowest BCUT2D eigenvalue weighted by Crippen LogP contribution is -2.61. The molecule has 6 heteroatoms. The summed E-state index contributed by atoms with van der Waals surface area (Å²) in [6.45, 7) is 22.0. The number of hydrogen-bond donors (Lipinski definition) is 4. The molecule has 9 fully saturated rings. The molecule has 43 heavy (non-hydrogen) atoms. The lowest BCUT2D eigenvalue weighted by Gasteiger charge is -2.51. The second-order valence-electron chi connectivity index (χ2n) is 19.1. The van der Waals surface area contributed by atoms with Gasteiger partial charge in [0.2, 0.25) is 0 Å². The molecule has 6 aliphatic carbocycles. The Morgan fingerprint density at radius 3 is 2.07 bits per heavy atom. The summed E-state index contributed by atoms with van der Waals surface area (Å²) in [6.07, 6.45) is 14.4. The van der Waals surface area contributed by atoms with Crippen molar-refractivity contribution in [2.75, 3.05) is 26.2 Å². The summed E-state index contributed by atoms with van der Waals surface area (Å²) >= 11 is 0. The van der Waals surface area contributed by atoms with Crippen LogP contribution in [0, 0.1) is 50.2 Å². The van der Waals surface area contributed by atoms with Gasteiger partial charge >= 0.3 is 0 Å². The Kier molecular flexibility index (Phi) is 5.93.